The van der Waals surface area contributed by atoms with E-state index in [0.29, 0.717) is 35.3 Å². The van der Waals surface area contributed by atoms with E-state index in [4.69, 9.17) is 13.9 Å². The molecule has 2 aromatic heterocycles. The van der Waals surface area contributed by atoms with Crippen molar-refractivity contribution in [3.8, 4) is 17.0 Å². The fourth-order valence-electron chi connectivity index (χ4n) is 3.30. The lowest BCUT2D eigenvalue weighted by molar-refractivity contribution is 0.0599. The number of esters is 2. The number of aromatic nitrogens is 4. The summed E-state index contributed by atoms with van der Waals surface area (Å²) in [5, 5.41) is 15.9. The minimum Gasteiger partial charge on any atom is -0.465 e. The molecule has 0 saturated carbocycles. The third-order valence-corrected chi connectivity index (χ3v) is 5.89. The Bertz CT molecular complexity index is 1270. The second-order valence-electron chi connectivity index (χ2n) is 7.28. The normalized spacial score (nSPS) is 10.8. The highest BCUT2D eigenvalue weighted by Crippen LogP contribution is 2.26. The van der Waals surface area contributed by atoms with E-state index in [1.807, 2.05) is 36.4 Å². The molecule has 35 heavy (non-hydrogen) atoms. The Labute approximate surface area is 205 Å². The van der Waals surface area contributed by atoms with Gasteiger partial charge < -0.3 is 19.2 Å². The molecule has 0 atom stereocenters. The first kappa shape index (κ1) is 24.2. The van der Waals surface area contributed by atoms with Crippen LogP contribution in [0.3, 0.4) is 0 Å². The maximum atomic E-state index is 12.0. The van der Waals surface area contributed by atoms with Crippen molar-refractivity contribution >= 4 is 23.7 Å². The van der Waals surface area contributed by atoms with E-state index in [1.54, 1.807) is 34.6 Å². The molecule has 1 N–H and O–H groups in total. The van der Waals surface area contributed by atoms with Gasteiger partial charge in [0.1, 0.15) is 11.5 Å². The Morgan fingerprint density at radius 1 is 1.00 bits per heavy atom. The molecule has 0 aliphatic rings. The minimum atomic E-state index is -0.554. The standard InChI is InChI=1S/C24H23N5O5S/c1-32-22(30)17-12-16(13-18(14-17)23(31)33-2)21-9-8-20(34-21)15-25-10-11-35-24-26-27-28-29(24)19-6-4-3-5-7-19/h3-9,12-14,25H,10-11,15H2,1-2H3. The summed E-state index contributed by atoms with van der Waals surface area (Å²) in [5.41, 5.74) is 1.94. The van der Waals surface area contributed by atoms with Crippen LogP contribution in [0.4, 0.5) is 0 Å². The number of tetrazole rings is 1. The lowest BCUT2D eigenvalue weighted by Gasteiger charge is -2.07. The number of ether oxygens (including phenoxy) is 2. The molecule has 0 saturated heterocycles. The smallest absolute Gasteiger partial charge is 0.337 e. The Hall–Kier alpha value is -3.96. The van der Waals surface area contributed by atoms with Gasteiger partial charge in [-0.25, -0.2) is 9.59 Å². The van der Waals surface area contributed by atoms with E-state index in [9.17, 15) is 9.59 Å². The zero-order chi connectivity index (χ0) is 24.6. The lowest BCUT2D eigenvalue weighted by Crippen LogP contribution is -2.16. The molecule has 4 aromatic rings. The van der Waals surface area contributed by atoms with Crippen LogP contribution in [0, 0.1) is 0 Å². The predicted octanol–water partition coefficient (Wildman–Crippen LogP) is 3.38. The number of nitrogens with zero attached hydrogens (tertiary/aromatic N) is 4. The van der Waals surface area contributed by atoms with Gasteiger partial charge in [-0.1, -0.05) is 30.0 Å². The number of hydrogen-bond donors (Lipinski definition) is 1. The molecule has 0 radical (unpaired) electrons. The third kappa shape index (κ3) is 5.94. The van der Waals surface area contributed by atoms with Crippen molar-refractivity contribution in [1.29, 1.82) is 0 Å². The summed E-state index contributed by atoms with van der Waals surface area (Å²) in [7, 11) is 2.56. The number of carbonyl (C=O) groups excluding carboxylic acids is 2. The second kappa shape index (κ2) is 11.4. The van der Waals surface area contributed by atoms with Crippen LogP contribution in [0.2, 0.25) is 0 Å². The Balaban J connectivity index is 1.34. The molecule has 0 amide bonds. The topological polar surface area (TPSA) is 121 Å². The molecule has 0 bridgehead atoms. The molecular formula is C24H23N5O5S. The fraction of sp³-hybridized carbons (Fsp3) is 0.208. The van der Waals surface area contributed by atoms with Crippen LogP contribution in [0.1, 0.15) is 26.5 Å². The van der Waals surface area contributed by atoms with Crippen LogP contribution in [-0.2, 0) is 16.0 Å². The average Bonchev–Trinajstić information content (AvgIpc) is 3.57. The highest BCUT2D eigenvalue weighted by atomic mass is 32.2. The zero-order valence-corrected chi connectivity index (χ0v) is 19.9. The van der Waals surface area contributed by atoms with Gasteiger partial charge in [0.25, 0.3) is 0 Å². The number of furan rings is 1. The van der Waals surface area contributed by atoms with Crippen molar-refractivity contribution < 1.29 is 23.5 Å². The van der Waals surface area contributed by atoms with Crippen molar-refractivity contribution in [3.63, 3.8) is 0 Å². The molecule has 180 valence electrons. The number of nitrogens with one attached hydrogen (secondary N) is 1. The highest BCUT2D eigenvalue weighted by molar-refractivity contribution is 7.99. The maximum Gasteiger partial charge on any atom is 0.337 e. The van der Waals surface area contributed by atoms with Crippen LogP contribution in [0.5, 0.6) is 0 Å². The molecule has 10 nitrogen and oxygen atoms in total. The van der Waals surface area contributed by atoms with Crippen LogP contribution in [0.15, 0.2) is 70.2 Å². The fourth-order valence-corrected chi connectivity index (χ4v) is 4.08. The molecule has 0 unspecified atom stereocenters. The zero-order valence-electron chi connectivity index (χ0n) is 19.1. The van der Waals surface area contributed by atoms with Crippen molar-refractivity contribution in [1.82, 2.24) is 25.5 Å². The summed E-state index contributed by atoms with van der Waals surface area (Å²) in [6, 6.07) is 18.0. The summed E-state index contributed by atoms with van der Waals surface area (Å²) in [5.74, 6) is 0.878. The van der Waals surface area contributed by atoms with E-state index < -0.39 is 11.9 Å². The first-order valence-electron chi connectivity index (χ1n) is 10.7. The number of para-hydroxylation sites is 1. The van der Waals surface area contributed by atoms with E-state index in [2.05, 4.69) is 20.8 Å². The molecule has 11 heteroatoms. The largest absolute Gasteiger partial charge is 0.465 e. The third-order valence-electron chi connectivity index (χ3n) is 4.97. The van der Waals surface area contributed by atoms with Gasteiger partial charge in [-0.2, -0.15) is 4.68 Å². The summed E-state index contributed by atoms with van der Waals surface area (Å²) >= 11 is 1.54. The Morgan fingerprint density at radius 2 is 1.71 bits per heavy atom. The Morgan fingerprint density at radius 3 is 2.40 bits per heavy atom. The van der Waals surface area contributed by atoms with Crippen LogP contribution in [-0.4, -0.2) is 58.7 Å². The van der Waals surface area contributed by atoms with Crippen LogP contribution in [0.25, 0.3) is 17.0 Å². The molecular weight excluding hydrogens is 470 g/mol. The van der Waals surface area contributed by atoms with Gasteiger partial charge in [0.05, 0.1) is 37.6 Å². The number of methoxy groups -OCH3 is 2. The van der Waals surface area contributed by atoms with Crippen LogP contribution >= 0.6 is 11.8 Å². The van der Waals surface area contributed by atoms with Gasteiger partial charge in [-0.05, 0) is 52.9 Å². The van der Waals surface area contributed by atoms with Gasteiger partial charge in [0.15, 0.2) is 0 Å². The maximum absolute atomic E-state index is 12.0. The number of thioether (sulfide) groups is 1. The summed E-state index contributed by atoms with van der Waals surface area (Å²) in [6.07, 6.45) is 0. The SMILES string of the molecule is COC(=O)c1cc(C(=O)OC)cc(-c2ccc(CNCCSc3nnnn3-c3ccccc3)o2)c1. The molecule has 0 fully saturated rings. The molecule has 0 aliphatic heterocycles. The number of carbonyl (C=O) groups is 2. The average molecular weight is 494 g/mol. The Kier molecular flexibility index (Phi) is 7.91. The van der Waals surface area contributed by atoms with Crippen molar-refractivity contribution in [2.75, 3.05) is 26.5 Å². The minimum absolute atomic E-state index is 0.233. The van der Waals surface area contributed by atoms with Gasteiger partial charge in [-0.15, -0.1) is 5.10 Å². The van der Waals surface area contributed by atoms with Crippen molar-refractivity contribution in [2.24, 2.45) is 0 Å². The monoisotopic (exact) mass is 493 g/mol. The van der Waals surface area contributed by atoms with Crippen LogP contribution < -0.4 is 5.32 Å². The van der Waals surface area contributed by atoms with E-state index >= 15 is 0 Å². The van der Waals surface area contributed by atoms with E-state index in [1.165, 1.54) is 20.3 Å². The van der Waals surface area contributed by atoms with Crippen molar-refractivity contribution in [2.45, 2.75) is 11.7 Å². The summed E-state index contributed by atoms with van der Waals surface area (Å²) in [4.78, 5) is 24.0. The van der Waals surface area contributed by atoms with Gasteiger partial charge in [0, 0.05) is 17.9 Å². The number of hydrogen-bond acceptors (Lipinski definition) is 10. The second-order valence-corrected chi connectivity index (χ2v) is 8.34. The first-order chi connectivity index (χ1) is 17.1. The van der Waals surface area contributed by atoms with Gasteiger partial charge in [-0.3, -0.25) is 0 Å². The molecule has 0 aliphatic carbocycles. The van der Waals surface area contributed by atoms with E-state index in [0.717, 1.165) is 11.4 Å². The molecule has 4 rings (SSSR count). The lowest BCUT2D eigenvalue weighted by atomic mass is 10.0. The van der Waals surface area contributed by atoms with Crippen molar-refractivity contribution in [3.05, 3.63) is 77.6 Å². The molecule has 0 spiro atoms. The highest BCUT2D eigenvalue weighted by Gasteiger charge is 2.16. The quantitative estimate of drug-likeness (QED) is 0.200. The number of benzene rings is 2. The summed E-state index contributed by atoms with van der Waals surface area (Å²) in [6.45, 7) is 1.21. The van der Waals surface area contributed by atoms with Gasteiger partial charge in [0.2, 0.25) is 5.16 Å². The molecule has 2 heterocycles. The van der Waals surface area contributed by atoms with E-state index in [-0.39, 0.29) is 11.1 Å². The summed E-state index contributed by atoms with van der Waals surface area (Å²) < 4.78 is 17.2. The first-order valence-corrected chi connectivity index (χ1v) is 11.7. The van der Waals surface area contributed by atoms with Gasteiger partial charge >= 0.3 is 11.9 Å². The number of rotatable bonds is 10. The predicted molar refractivity (Wildman–Crippen MR) is 128 cm³/mol. The molecule has 2 aromatic carbocycles.